The Morgan fingerprint density at radius 2 is 2.13 bits per heavy atom. The molecular formula is C22H27N7O2. The molecule has 0 saturated carbocycles. The summed E-state index contributed by atoms with van der Waals surface area (Å²) in [6.07, 6.45) is 3.91. The molecule has 2 N–H and O–H groups in total. The number of aryl methyl sites for hydroxylation is 1. The lowest BCUT2D eigenvalue weighted by Gasteiger charge is -2.28. The molecule has 3 aromatic heterocycles. The minimum Gasteiger partial charge on any atom is -0.475 e. The lowest BCUT2D eigenvalue weighted by atomic mass is 10.2. The molecule has 0 saturated heterocycles. The van der Waals surface area contributed by atoms with Crippen molar-refractivity contribution < 1.29 is 9.53 Å². The molecule has 0 bridgehead atoms. The zero-order chi connectivity index (χ0) is 22.0. The quantitative estimate of drug-likeness (QED) is 0.605. The van der Waals surface area contributed by atoms with Gasteiger partial charge in [-0.2, -0.15) is 5.10 Å². The number of carbonyl (C=O) groups is 1. The number of fused-ring (bicyclic) bond motifs is 1. The van der Waals surface area contributed by atoms with Crippen LogP contribution in [0.1, 0.15) is 30.8 Å². The van der Waals surface area contributed by atoms with Gasteiger partial charge in [0.1, 0.15) is 5.82 Å². The molecule has 4 rings (SSSR count). The average Bonchev–Trinajstić information content (AvgIpc) is 3.14. The van der Waals surface area contributed by atoms with Crippen molar-refractivity contribution in [1.82, 2.24) is 19.7 Å². The molecule has 0 fully saturated rings. The van der Waals surface area contributed by atoms with E-state index in [0.29, 0.717) is 25.5 Å². The molecule has 0 atom stereocenters. The number of anilines is 3. The molecule has 0 unspecified atom stereocenters. The van der Waals surface area contributed by atoms with E-state index in [1.54, 1.807) is 0 Å². The van der Waals surface area contributed by atoms with E-state index in [1.807, 2.05) is 74.1 Å². The van der Waals surface area contributed by atoms with Gasteiger partial charge < -0.3 is 20.3 Å². The van der Waals surface area contributed by atoms with Crippen LogP contribution in [0.2, 0.25) is 0 Å². The molecule has 1 aliphatic heterocycles. The van der Waals surface area contributed by atoms with Gasteiger partial charge in [0.25, 0.3) is 0 Å². The molecular weight excluding hydrogens is 394 g/mol. The van der Waals surface area contributed by atoms with Crippen LogP contribution >= 0.6 is 0 Å². The van der Waals surface area contributed by atoms with Crippen LogP contribution in [0.4, 0.5) is 17.2 Å². The van der Waals surface area contributed by atoms with Gasteiger partial charge in [0.05, 0.1) is 48.2 Å². The highest BCUT2D eigenvalue weighted by Crippen LogP contribution is 2.32. The molecule has 0 aromatic carbocycles. The van der Waals surface area contributed by atoms with Crippen molar-refractivity contribution >= 4 is 23.1 Å². The third-order valence-corrected chi connectivity index (χ3v) is 4.86. The monoisotopic (exact) mass is 421 g/mol. The van der Waals surface area contributed by atoms with Gasteiger partial charge in [-0.05, 0) is 26.8 Å². The maximum atomic E-state index is 11.8. The summed E-state index contributed by atoms with van der Waals surface area (Å²) < 4.78 is 7.52. The summed E-state index contributed by atoms with van der Waals surface area (Å²) in [5.41, 5.74) is 4.43. The van der Waals surface area contributed by atoms with Gasteiger partial charge in [-0.1, -0.05) is 6.07 Å². The van der Waals surface area contributed by atoms with E-state index >= 15 is 0 Å². The van der Waals surface area contributed by atoms with Crippen LogP contribution in [0.15, 0.2) is 36.7 Å². The van der Waals surface area contributed by atoms with E-state index in [0.717, 1.165) is 34.1 Å². The number of nitrogens with one attached hydrogen (secondary N) is 2. The topological polar surface area (TPSA) is 97.2 Å². The predicted octanol–water partition coefficient (Wildman–Crippen LogP) is 2.82. The first-order chi connectivity index (χ1) is 14.9. The number of nitrogens with zero attached hydrogens (tertiary/aromatic N) is 5. The minimum absolute atomic E-state index is 0.0242. The number of hydrogen-bond acceptors (Lipinski definition) is 7. The van der Waals surface area contributed by atoms with Crippen LogP contribution < -0.4 is 20.3 Å². The highest BCUT2D eigenvalue weighted by Gasteiger charge is 2.22. The molecule has 9 heteroatoms. The first-order valence-electron chi connectivity index (χ1n) is 10.3. The second-order valence-corrected chi connectivity index (χ2v) is 7.92. The molecule has 1 amide bonds. The van der Waals surface area contributed by atoms with Crippen LogP contribution in [0, 0.1) is 6.92 Å². The Hall–Kier alpha value is -3.62. The Kier molecular flexibility index (Phi) is 5.75. The molecule has 0 radical (unpaired) electrons. The van der Waals surface area contributed by atoms with Crippen molar-refractivity contribution in [2.45, 2.75) is 40.0 Å². The molecule has 162 valence electrons. The standard InChI is InChI=1S/C22H27N7O2/c1-14(2)31-21-7-5-6-17(26-21)12-29-11-16(10-24-29)9-23-19-8-18-22(15(3)25-19)27-20(30)13-28(18)4/h5-8,10-11,14H,9,12-13H2,1-4H3,(H,23,25)(H,27,30). The SMILES string of the molecule is Cc1nc(NCc2cnn(Cc3cccc(OC(C)C)n3)c2)cc2c1NC(=O)CN2C. The van der Waals surface area contributed by atoms with E-state index in [4.69, 9.17) is 4.74 Å². The summed E-state index contributed by atoms with van der Waals surface area (Å²) in [6.45, 7) is 7.34. The van der Waals surface area contributed by atoms with Gasteiger partial charge in [0, 0.05) is 37.5 Å². The fourth-order valence-corrected chi connectivity index (χ4v) is 3.48. The van der Waals surface area contributed by atoms with Gasteiger partial charge >= 0.3 is 0 Å². The van der Waals surface area contributed by atoms with Crippen LogP contribution in [0.5, 0.6) is 5.88 Å². The van der Waals surface area contributed by atoms with E-state index in [-0.39, 0.29) is 12.0 Å². The number of rotatable bonds is 7. The number of aromatic nitrogens is 4. The Morgan fingerprint density at radius 1 is 1.29 bits per heavy atom. The zero-order valence-corrected chi connectivity index (χ0v) is 18.2. The van der Waals surface area contributed by atoms with E-state index < -0.39 is 0 Å². The number of pyridine rings is 2. The molecule has 0 aliphatic carbocycles. The largest absolute Gasteiger partial charge is 0.475 e. The van der Waals surface area contributed by atoms with Crippen molar-refractivity contribution in [2.75, 3.05) is 29.1 Å². The normalized spacial score (nSPS) is 13.2. The van der Waals surface area contributed by atoms with Crippen molar-refractivity contribution in [3.63, 3.8) is 0 Å². The third kappa shape index (κ3) is 4.93. The second-order valence-electron chi connectivity index (χ2n) is 7.92. The molecule has 1 aliphatic rings. The number of carbonyl (C=O) groups excluding carboxylic acids is 1. The van der Waals surface area contributed by atoms with E-state index in [2.05, 4.69) is 25.7 Å². The summed E-state index contributed by atoms with van der Waals surface area (Å²) in [5.74, 6) is 1.35. The Morgan fingerprint density at radius 3 is 2.94 bits per heavy atom. The lowest BCUT2D eigenvalue weighted by molar-refractivity contribution is -0.115. The van der Waals surface area contributed by atoms with E-state index in [9.17, 15) is 4.79 Å². The summed E-state index contributed by atoms with van der Waals surface area (Å²) in [7, 11) is 1.90. The summed E-state index contributed by atoms with van der Waals surface area (Å²) in [6, 6.07) is 7.71. The molecule has 9 nitrogen and oxygen atoms in total. The molecule has 3 aromatic rings. The number of hydrogen-bond donors (Lipinski definition) is 2. The fourth-order valence-electron chi connectivity index (χ4n) is 3.48. The van der Waals surface area contributed by atoms with Gasteiger partial charge in [-0.3, -0.25) is 9.48 Å². The van der Waals surface area contributed by atoms with Crippen molar-refractivity contribution in [1.29, 1.82) is 0 Å². The number of amides is 1. The van der Waals surface area contributed by atoms with Crippen LogP contribution in [0.3, 0.4) is 0 Å². The first kappa shape index (κ1) is 20.6. The maximum Gasteiger partial charge on any atom is 0.243 e. The van der Waals surface area contributed by atoms with Crippen LogP contribution in [0.25, 0.3) is 0 Å². The molecule has 31 heavy (non-hydrogen) atoms. The molecule has 0 spiro atoms. The van der Waals surface area contributed by atoms with Gasteiger partial charge in [-0.15, -0.1) is 0 Å². The Bertz CT molecular complexity index is 1090. The van der Waals surface area contributed by atoms with Gasteiger partial charge in [-0.25, -0.2) is 9.97 Å². The van der Waals surface area contributed by atoms with Crippen LogP contribution in [-0.2, 0) is 17.9 Å². The highest BCUT2D eigenvalue weighted by molar-refractivity contribution is 6.02. The first-order valence-corrected chi connectivity index (χ1v) is 10.3. The molecule has 4 heterocycles. The van der Waals surface area contributed by atoms with Gasteiger partial charge in [0.2, 0.25) is 11.8 Å². The average molecular weight is 422 g/mol. The summed E-state index contributed by atoms with van der Waals surface area (Å²) in [5, 5.41) is 10.7. The Labute approximate surface area is 181 Å². The summed E-state index contributed by atoms with van der Waals surface area (Å²) in [4.78, 5) is 22.8. The number of likely N-dealkylation sites (N-methyl/N-ethyl adjacent to an activating group) is 1. The fraction of sp³-hybridized carbons (Fsp3) is 0.364. The van der Waals surface area contributed by atoms with Crippen molar-refractivity contribution in [3.8, 4) is 5.88 Å². The Balaban J connectivity index is 1.41. The maximum absolute atomic E-state index is 11.8. The third-order valence-electron chi connectivity index (χ3n) is 4.86. The van der Waals surface area contributed by atoms with Crippen molar-refractivity contribution in [3.05, 3.63) is 53.6 Å². The predicted molar refractivity (Wildman–Crippen MR) is 120 cm³/mol. The van der Waals surface area contributed by atoms with E-state index in [1.165, 1.54) is 0 Å². The lowest BCUT2D eigenvalue weighted by Crippen LogP contribution is -2.36. The van der Waals surface area contributed by atoms with Gasteiger partial charge in [0.15, 0.2) is 0 Å². The second kappa shape index (κ2) is 8.63. The summed E-state index contributed by atoms with van der Waals surface area (Å²) >= 11 is 0. The minimum atomic E-state index is -0.0242. The zero-order valence-electron chi connectivity index (χ0n) is 18.2. The van der Waals surface area contributed by atoms with Crippen LogP contribution in [-0.4, -0.2) is 45.4 Å². The highest BCUT2D eigenvalue weighted by atomic mass is 16.5. The number of ether oxygens (including phenoxy) is 1. The van der Waals surface area contributed by atoms with Crippen molar-refractivity contribution in [2.24, 2.45) is 0 Å². The smallest absolute Gasteiger partial charge is 0.243 e.